The lowest BCUT2D eigenvalue weighted by Crippen LogP contribution is -2.61. The molecule has 0 aromatic rings. The summed E-state index contributed by atoms with van der Waals surface area (Å²) in [5.74, 6) is -16.1. The first-order valence-electron chi connectivity index (χ1n) is 36.5. The SMILES string of the molecule is CC.CC.CN[C@@H](CC(N)=O)C(=O)C(=O)[C@H](CO)NC(=O)C(CC(N)=O)NC(=O)[C@H](C)NN[C@@H](CO)C(=O)N1CCC[C@H]1C(=O)N[C@@H](C)C(=O)N[C@@H](CCSC)C(=O)NC(C)C(=O)N1CCC[C@H]1C(=O)N[C@@H](CCCN=C(N)N)C(=O)N[C@@H](CCC(=O)O)C(=O)N[C@@H](CCCN=C(N)N)C(=O)N[C@H](C=O)CCCCN. The molecule has 44 heteroatoms. The van der Waals surface area contributed by atoms with Crippen LogP contribution in [0.5, 0.6) is 0 Å². The third-order valence-electron chi connectivity index (χ3n) is 16.8. The van der Waals surface area contributed by atoms with Crippen LogP contribution >= 0.6 is 11.8 Å². The highest BCUT2D eigenvalue weighted by molar-refractivity contribution is 7.98. The Morgan fingerprint density at radius 2 is 0.909 bits per heavy atom. The average Bonchev–Trinajstić information content (AvgIpc) is 1.66. The second kappa shape index (κ2) is 54.8. The summed E-state index contributed by atoms with van der Waals surface area (Å²) in [4.78, 5) is 236. The predicted molar refractivity (Wildman–Crippen MR) is 404 cm³/mol. The van der Waals surface area contributed by atoms with Crippen LogP contribution in [0, 0.1) is 0 Å². The Labute approximate surface area is 643 Å². The quantitative estimate of drug-likeness (QED) is 0.00671. The van der Waals surface area contributed by atoms with Gasteiger partial charge in [-0.15, -0.1) is 0 Å². The number of guanidine groups is 2. The number of nitrogens with one attached hydrogen (secondary N) is 12. The Morgan fingerprint density at radius 1 is 0.482 bits per heavy atom. The number of unbranched alkanes of at least 4 members (excludes halogenated alkanes) is 1. The first kappa shape index (κ1) is 100. The molecule has 0 radical (unpaired) electrons. The van der Waals surface area contributed by atoms with Crippen molar-refractivity contribution in [1.82, 2.24) is 73.8 Å². The Kier molecular flexibility index (Phi) is 49.9. The molecule has 0 bridgehead atoms. The molecule has 0 spiro atoms. The van der Waals surface area contributed by atoms with E-state index < -0.39 is 218 Å². The van der Waals surface area contributed by atoms with Crippen molar-refractivity contribution in [2.75, 3.05) is 65.0 Å². The molecule has 0 aromatic carbocycles. The van der Waals surface area contributed by atoms with Gasteiger partial charge in [-0.1, -0.05) is 27.7 Å². The topological polar surface area (TPSA) is 709 Å². The van der Waals surface area contributed by atoms with Gasteiger partial charge in [0.05, 0.1) is 37.8 Å². The van der Waals surface area contributed by atoms with Crippen molar-refractivity contribution in [1.29, 1.82) is 0 Å². The number of thioether (sulfide) groups is 1. The fraction of sp³-hybridized carbons (Fsp3) is 0.712. The van der Waals surface area contributed by atoms with Crippen LogP contribution in [-0.4, -0.2) is 287 Å². The molecule has 2 rings (SSSR count). The molecule has 0 aliphatic carbocycles. The van der Waals surface area contributed by atoms with E-state index in [0.717, 1.165) is 4.90 Å². The minimum Gasteiger partial charge on any atom is -0.481 e. The van der Waals surface area contributed by atoms with Crippen LogP contribution in [0.1, 0.15) is 151 Å². The molecular weight excluding hydrogens is 1470 g/mol. The van der Waals surface area contributed by atoms with E-state index in [1.165, 1.54) is 44.5 Å². The maximum absolute atomic E-state index is 14.3. The highest BCUT2D eigenvalue weighted by Crippen LogP contribution is 2.21. The van der Waals surface area contributed by atoms with Crippen LogP contribution in [0.15, 0.2) is 9.98 Å². The molecule has 0 aromatic heterocycles. The lowest BCUT2D eigenvalue weighted by Gasteiger charge is -2.30. The van der Waals surface area contributed by atoms with Gasteiger partial charge in [0.1, 0.15) is 72.7 Å². The molecule has 110 heavy (non-hydrogen) atoms. The number of aliphatic hydroxyl groups excluding tert-OH is 2. The monoisotopic (exact) mass is 1590 g/mol. The molecule has 624 valence electrons. The van der Waals surface area contributed by atoms with Crippen molar-refractivity contribution in [3.05, 3.63) is 0 Å². The number of primary amides is 2. The normalized spacial score (nSPS) is 16.8. The second-order valence-electron chi connectivity index (χ2n) is 25.2. The molecule has 2 heterocycles. The number of carbonyl (C=O) groups is 17. The highest BCUT2D eigenvalue weighted by Gasteiger charge is 2.42. The molecule has 2 aliphatic heterocycles. The zero-order chi connectivity index (χ0) is 83.9. The number of ketones is 2. The summed E-state index contributed by atoms with van der Waals surface area (Å²) < 4.78 is 0. The van der Waals surface area contributed by atoms with E-state index >= 15 is 0 Å². The average molecular weight is 1590 g/mol. The first-order chi connectivity index (χ1) is 52.1. The number of amides is 13. The van der Waals surface area contributed by atoms with E-state index in [2.05, 4.69) is 74.0 Å². The Morgan fingerprint density at radius 3 is 1.39 bits per heavy atom. The third kappa shape index (κ3) is 36.6. The zero-order valence-corrected chi connectivity index (χ0v) is 65.0. The lowest BCUT2D eigenvalue weighted by atomic mass is 10.00. The number of aldehydes is 1. The predicted octanol–water partition coefficient (Wildman–Crippen LogP) is -9.21. The molecule has 0 saturated carbocycles. The van der Waals surface area contributed by atoms with Crippen molar-refractivity contribution >= 4 is 124 Å². The van der Waals surface area contributed by atoms with Gasteiger partial charge in [-0.25, -0.2) is 10.9 Å². The van der Waals surface area contributed by atoms with Crippen LogP contribution in [-0.2, 0) is 81.5 Å². The van der Waals surface area contributed by atoms with Crippen molar-refractivity contribution in [2.24, 2.45) is 50.1 Å². The van der Waals surface area contributed by atoms with Crippen LogP contribution in [0.2, 0.25) is 0 Å². The van der Waals surface area contributed by atoms with Crippen molar-refractivity contribution < 1.29 is 96.8 Å². The number of nitrogens with zero attached hydrogens (tertiary/aromatic N) is 4. The number of hydrazine groups is 1. The van der Waals surface area contributed by atoms with Gasteiger partial charge in [0.15, 0.2) is 11.9 Å². The Balaban J connectivity index is 0.0000292. The number of aliphatic carboxylic acids is 1. The van der Waals surface area contributed by atoms with E-state index in [-0.39, 0.29) is 102 Å². The molecule has 2 aliphatic rings. The fourth-order valence-corrected chi connectivity index (χ4v) is 11.5. The van der Waals surface area contributed by atoms with E-state index in [1.54, 1.807) is 6.26 Å². The number of Topliss-reactive ketones (excluding diaryl/α,β-unsaturated/α-hetero) is 2. The minimum atomic E-state index is -1.90. The molecule has 43 nitrogen and oxygen atoms in total. The number of likely N-dealkylation sites (N-methyl/N-ethyl adjacent to an activating group) is 1. The van der Waals surface area contributed by atoms with E-state index in [4.69, 9.17) is 40.1 Å². The molecule has 29 N–H and O–H groups in total. The maximum atomic E-state index is 14.3. The van der Waals surface area contributed by atoms with Crippen LogP contribution in [0.4, 0.5) is 0 Å². The summed E-state index contributed by atoms with van der Waals surface area (Å²) in [6.07, 6.45) is 1.65. The van der Waals surface area contributed by atoms with Crippen LogP contribution < -0.4 is 104 Å². The number of rotatable bonds is 52. The summed E-state index contributed by atoms with van der Waals surface area (Å²) in [5.41, 5.74) is 42.9. The number of carboxylic acids is 1. The van der Waals surface area contributed by atoms with Gasteiger partial charge >= 0.3 is 5.97 Å². The molecule has 2 saturated heterocycles. The summed E-state index contributed by atoms with van der Waals surface area (Å²) >= 11 is 1.32. The van der Waals surface area contributed by atoms with Gasteiger partial charge in [0, 0.05) is 39.0 Å². The summed E-state index contributed by atoms with van der Waals surface area (Å²) in [5, 5.41) is 54.5. The Bertz CT molecular complexity index is 3130. The van der Waals surface area contributed by atoms with Gasteiger partial charge < -0.3 is 123 Å². The van der Waals surface area contributed by atoms with Crippen molar-refractivity contribution in [2.45, 2.75) is 236 Å². The first-order valence-corrected chi connectivity index (χ1v) is 37.8. The molecule has 13 amide bonds. The number of likely N-dealkylation sites (tertiary alicyclic amines) is 2. The molecule has 2 fully saturated rings. The molecule has 2 unspecified atom stereocenters. The minimum absolute atomic E-state index is 0.00412. The van der Waals surface area contributed by atoms with Crippen molar-refractivity contribution in [3.63, 3.8) is 0 Å². The smallest absolute Gasteiger partial charge is 0.303 e. The zero-order valence-electron chi connectivity index (χ0n) is 64.2. The van der Waals surface area contributed by atoms with Crippen LogP contribution in [0.3, 0.4) is 0 Å². The van der Waals surface area contributed by atoms with E-state index in [1.807, 2.05) is 27.7 Å². The van der Waals surface area contributed by atoms with Gasteiger partial charge in [-0.05, 0) is 130 Å². The molecular formula is C66H119N23O20S. The van der Waals surface area contributed by atoms with Gasteiger partial charge in [0.2, 0.25) is 88.4 Å². The number of carbonyl (C=O) groups excluding carboxylic acids is 16. The fourth-order valence-electron chi connectivity index (χ4n) is 11.0. The van der Waals surface area contributed by atoms with E-state index in [9.17, 15) is 96.8 Å². The number of aliphatic hydroxyl groups is 2. The lowest BCUT2D eigenvalue weighted by molar-refractivity contribution is -0.142. The number of hydrogen-bond acceptors (Lipinski definition) is 26. The molecule has 14 atom stereocenters. The third-order valence-corrected chi connectivity index (χ3v) is 17.5. The summed E-state index contributed by atoms with van der Waals surface area (Å²) in [6.45, 7) is 10.2. The number of aliphatic imine (C=N–C) groups is 2. The standard InChI is InChI=1S/C62H107N23O20S.2C2H6/c1-31(73-57(102)43-15-11-24-85(43)60(105)42(30-88)83-82-32(2)51(96)80-40(27-46(65)90)56(101)81-41(29-87)49(94)48(93)39(70-4)26-45(64)89)50(95)76-38(19-25-106-5)52(97)74-33(3)59(104)84-23-10-16-44(84)58(103)79-36(14-9-22-72-62(68)69)54(99)78-37(17-18-47(91)92)55(100)77-35(13-8-21-71-61(66)67)53(98)75-34(28-86)12-6-7-20-63;2*1-2/h28,31-44,70,82-83,87-88H,6-27,29-30,63H2,1-5H3,(H2,64,89)(H2,65,90)(H,73,102)(H,74,97)(H,75,98)(H,76,95)(H,77,100)(H,78,99)(H,79,103)(H,80,96)(H,81,101)(H,91,92)(H4,66,67,71)(H4,68,69,72);2*1-2H3/t31-,32-,33?,34-,35-,36-,37-,38-,39-,40?,41-,42-,43-,44-;;/m0../s1. The van der Waals surface area contributed by atoms with Gasteiger partial charge in [-0.2, -0.15) is 11.8 Å². The Hall–Kier alpha value is -9.76. The van der Waals surface area contributed by atoms with E-state index in [0.29, 0.717) is 31.4 Å². The number of carboxylic acid groups (broad SMARTS) is 1. The summed E-state index contributed by atoms with van der Waals surface area (Å²) in [7, 11) is 1.25. The second-order valence-corrected chi connectivity index (χ2v) is 26.2. The number of nitrogens with two attached hydrogens (primary N) is 7. The van der Waals surface area contributed by atoms with Gasteiger partial charge in [-0.3, -0.25) is 86.7 Å². The highest BCUT2D eigenvalue weighted by atomic mass is 32.2. The maximum Gasteiger partial charge on any atom is 0.303 e. The van der Waals surface area contributed by atoms with Gasteiger partial charge in [0.25, 0.3) is 0 Å². The van der Waals surface area contributed by atoms with Crippen LogP contribution in [0.25, 0.3) is 0 Å². The number of hydrogen-bond donors (Lipinski definition) is 22. The largest absolute Gasteiger partial charge is 0.481 e. The summed E-state index contributed by atoms with van der Waals surface area (Å²) in [6, 6.07) is -19.8. The van der Waals surface area contributed by atoms with Crippen molar-refractivity contribution in [3.8, 4) is 0 Å².